The van der Waals surface area contributed by atoms with E-state index in [1.807, 2.05) is 24.5 Å². The van der Waals surface area contributed by atoms with E-state index in [0.29, 0.717) is 0 Å². The maximum absolute atomic E-state index is 13.3. The summed E-state index contributed by atoms with van der Waals surface area (Å²) in [5.41, 5.74) is 4.65. The first-order valence-electron chi connectivity index (χ1n) is 11.1. The van der Waals surface area contributed by atoms with Crippen LogP contribution in [0, 0.1) is 5.92 Å². The van der Waals surface area contributed by atoms with Gasteiger partial charge in [-0.15, -0.1) is 0 Å². The molecule has 1 aromatic carbocycles. The molecule has 1 fully saturated rings. The molecule has 1 saturated heterocycles. The summed E-state index contributed by atoms with van der Waals surface area (Å²) in [7, 11) is 0. The van der Waals surface area contributed by atoms with Gasteiger partial charge in [0.1, 0.15) is 0 Å². The van der Waals surface area contributed by atoms with E-state index in [0.717, 1.165) is 56.7 Å². The van der Waals surface area contributed by atoms with Gasteiger partial charge in [-0.1, -0.05) is 43.3 Å². The molecular formula is C26H30N4O. The monoisotopic (exact) mass is 414 g/mol. The van der Waals surface area contributed by atoms with Crippen molar-refractivity contribution < 1.29 is 4.79 Å². The lowest BCUT2D eigenvalue weighted by Gasteiger charge is -2.24. The molecule has 1 aliphatic heterocycles. The van der Waals surface area contributed by atoms with Crippen LogP contribution in [0.4, 0.5) is 0 Å². The minimum Gasteiger partial charge on any atom is -0.341 e. The fraction of sp³-hybridized carbons (Fsp3) is 0.346. The van der Waals surface area contributed by atoms with E-state index in [4.69, 9.17) is 0 Å². The van der Waals surface area contributed by atoms with Crippen LogP contribution in [0.3, 0.4) is 0 Å². The molecule has 5 nitrogen and oxygen atoms in total. The van der Waals surface area contributed by atoms with E-state index in [2.05, 4.69) is 63.1 Å². The van der Waals surface area contributed by atoms with Crippen LogP contribution in [-0.4, -0.2) is 51.9 Å². The van der Waals surface area contributed by atoms with Gasteiger partial charge in [-0.25, -0.2) is 0 Å². The van der Waals surface area contributed by atoms with Crippen LogP contribution in [0.2, 0.25) is 0 Å². The molecule has 3 heterocycles. The third-order valence-electron chi connectivity index (χ3n) is 5.88. The molecule has 1 aliphatic rings. The summed E-state index contributed by atoms with van der Waals surface area (Å²) >= 11 is 0. The average molecular weight is 415 g/mol. The van der Waals surface area contributed by atoms with E-state index < -0.39 is 0 Å². The van der Waals surface area contributed by atoms with E-state index in [-0.39, 0.29) is 11.8 Å². The molecule has 0 aliphatic carbocycles. The van der Waals surface area contributed by atoms with Crippen LogP contribution in [0.25, 0.3) is 11.1 Å². The molecule has 0 spiro atoms. The van der Waals surface area contributed by atoms with Gasteiger partial charge in [0.15, 0.2) is 0 Å². The highest BCUT2D eigenvalue weighted by molar-refractivity contribution is 5.79. The maximum atomic E-state index is 13.3. The highest BCUT2D eigenvalue weighted by Crippen LogP contribution is 2.22. The van der Waals surface area contributed by atoms with Gasteiger partial charge >= 0.3 is 0 Å². The zero-order valence-corrected chi connectivity index (χ0v) is 18.2. The Kier molecular flexibility index (Phi) is 7.05. The van der Waals surface area contributed by atoms with Crippen LogP contribution in [-0.2, 0) is 17.8 Å². The molecular weight excluding hydrogens is 384 g/mol. The van der Waals surface area contributed by atoms with Gasteiger partial charge in [-0.3, -0.25) is 19.7 Å². The summed E-state index contributed by atoms with van der Waals surface area (Å²) in [5.74, 6) is 0.252. The quantitative estimate of drug-likeness (QED) is 0.585. The van der Waals surface area contributed by atoms with Crippen molar-refractivity contribution >= 4 is 5.91 Å². The van der Waals surface area contributed by atoms with Gasteiger partial charge in [0.05, 0.1) is 5.92 Å². The van der Waals surface area contributed by atoms with Crippen molar-refractivity contribution in [2.45, 2.75) is 26.3 Å². The van der Waals surface area contributed by atoms with Crippen LogP contribution in [0.5, 0.6) is 0 Å². The van der Waals surface area contributed by atoms with E-state index in [1.54, 1.807) is 12.4 Å². The number of benzene rings is 1. The Hall–Kier alpha value is -3.05. The molecule has 3 aromatic rings. The lowest BCUT2D eigenvalue weighted by Crippen LogP contribution is -2.37. The lowest BCUT2D eigenvalue weighted by molar-refractivity contribution is -0.134. The molecule has 4 rings (SSSR count). The Labute approximate surface area is 184 Å². The van der Waals surface area contributed by atoms with Crippen molar-refractivity contribution in [3.05, 3.63) is 84.4 Å². The van der Waals surface area contributed by atoms with Crippen molar-refractivity contribution in [2.24, 2.45) is 5.92 Å². The molecule has 0 radical (unpaired) electrons. The molecule has 31 heavy (non-hydrogen) atoms. The molecule has 1 amide bonds. The number of hydrogen-bond acceptors (Lipinski definition) is 4. The number of carbonyl (C=O) groups is 1. The maximum Gasteiger partial charge on any atom is 0.227 e. The molecule has 1 atom stereocenters. The minimum atomic E-state index is -0.0324. The molecule has 160 valence electrons. The van der Waals surface area contributed by atoms with Crippen molar-refractivity contribution in [2.75, 3.05) is 26.2 Å². The third kappa shape index (κ3) is 5.56. The summed E-state index contributed by atoms with van der Waals surface area (Å²) in [4.78, 5) is 26.2. The summed E-state index contributed by atoms with van der Waals surface area (Å²) in [6.45, 7) is 6.27. The molecule has 0 unspecified atom stereocenters. The molecule has 0 bridgehead atoms. The van der Waals surface area contributed by atoms with Gasteiger partial charge in [0, 0.05) is 57.5 Å². The van der Waals surface area contributed by atoms with Crippen molar-refractivity contribution in [1.82, 2.24) is 19.8 Å². The number of nitrogens with zero attached hydrogens (tertiary/aromatic N) is 4. The Balaban J connectivity index is 1.49. The lowest BCUT2D eigenvalue weighted by atomic mass is 9.95. The highest BCUT2D eigenvalue weighted by Gasteiger charge is 2.30. The fourth-order valence-electron chi connectivity index (χ4n) is 4.30. The van der Waals surface area contributed by atoms with Crippen molar-refractivity contribution in [1.29, 1.82) is 0 Å². The highest BCUT2D eigenvalue weighted by atomic mass is 16.2. The first kappa shape index (κ1) is 21.2. The Morgan fingerprint density at radius 3 is 2.35 bits per heavy atom. The summed E-state index contributed by atoms with van der Waals surface area (Å²) in [6.07, 6.45) is 9.13. The van der Waals surface area contributed by atoms with Gasteiger partial charge in [-0.05, 0) is 47.2 Å². The molecule has 0 saturated carbocycles. The van der Waals surface area contributed by atoms with Gasteiger partial charge < -0.3 is 4.90 Å². The number of amides is 1. The minimum absolute atomic E-state index is 0.0324. The zero-order chi connectivity index (χ0) is 21.5. The van der Waals surface area contributed by atoms with Crippen LogP contribution in [0.15, 0.2) is 73.3 Å². The van der Waals surface area contributed by atoms with Crippen LogP contribution >= 0.6 is 0 Å². The second kappa shape index (κ2) is 10.3. The standard InChI is InChI=1S/C26H30N4O/c1-2-13-30-15-14-29(19-22-5-3-11-27-17-22)20-25(26(30)31)16-21-7-9-23(10-8-21)24-6-4-12-28-18-24/h3-12,17-18,25H,2,13-16,19-20H2,1H3/t25-/m0/s1. The number of carbonyl (C=O) groups excluding carboxylic acids is 1. The third-order valence-corrected chi connectivity index (χ3v) is 5.88. The first-order chi connectivity index (χ1) is 15.2. The SMILES string of the molecule is CCCN1CCN(Cc2cccnc2)C[C@H](Cc2ccc(-c3cccnc3)cc2)C1=O. The zero-order valence-electron chi connectivity index (χ0n) is 18.2. The fourth-order valence-corrected chi connectivity index (χ4v) is 4.30. The van der Waals surface area contributed by atoms with Gasteiger partial charge in [-0.2, -0.15) is 0 Å². The second-order valence-corrected chi connectivity index (χ2v) is 8.26. The normalized spacial score (nSPS) is 17.5. The van der Waals surface area contributed by atoms with Crippen molar-refractivity contribution in [3.8, 4) is 11.1 Å². The van der Waals surface area contributed by atoms with E-state index in [9.17, 15) is 4.79 Å². The topological polar surface area (TPSA) is 49.3 Å². The first-order valence-corrected chi connectivity index (χ1v) is 11.1. The summed E-state index contributed by atoms with van der Waals surface area (Å²) < 4.78 is 0. The van der Waals surface area contributed by atoms with E-state index >= 15 is 0 Å². The molecule has 5 heteroatoms. The Morgan fingerprint density at radius 1 is 0.903 bits per heavy atom. The number of pyridine rings is 2. The number of hydrogen-bond donors (Lipinski definition) is 0. The largest absolute Gasteiger partial charge is 0.341 e. The van der Waals surface area contributed by atoms with Gasteiger partial charge in [0.2, 0.25) is 5.91 Å². The summed E-state index contributed by atoms with van der Waals surface area (Å²) in [6, 6.07) is 16.7. The predicted octanol–water partition coefficient (Wildman–Crippen LogP) is 4.06. The second-order valence-electron chi connectivity index (χ2n) is 8.26. The Morgan fingerprint density at radius 2 is 1.68 bits per heavy atom. The predicted molar refractivity (Wildman–Crippen MR) is 123 cm³/mol. The van der Waals surface area contributed by atoms with E-state index in [1.165, 1.54) is 11.1 Å². The molecule has 2 aromatic heterocycles. The smallest absolute Gasteiger partial charge is 0.227 e. The van der Waals surface area contributed by atoms with Gasteiger partial charge in [0.25, 0.3) is 0 Å². The average Bonchev–Trinajstić information content (AvgIpc) is 2.95. The molecule has 0 N–H and O–H groups in total. The Bertz CT molecular complexity index is 960. The summed E-state index contributed by atoms with van der Waals surface area (Å²) in [5, 5.41) is 0. The van der Waals surface area contributed by atoms with Crippen LogP contribution < -0.4 is 0 Å². The van der Waals surface area contributed by atoms with Crippen LogP contribution in [0.1, 0.15) is 24.5 Å². The van der Waals surface area contributed by atoms with Crippen molar-refractivity contribution in [3.63, 3.8) is 0 Å². The number of aromatic nitrogens is 2. The number of rotatable bonds is 7.